The molecule has 2 rings (SSSR count). The summed E-state index contributed by atoms with van der Waals surface area (Å²) in [5.41, 5.74) is 5.25. The standard InChI is InChI=1S/C12H13BrN4O4S/c1-17-6-7(3-9(17)12(14)18)22(19,20)16-11-4-10(21-2)8(13)5-15-11/h3-6H,1-2H3,(H2,14,18)(H,15,16). The van der Waals surface area contributed by atoms with E-state index >= 15 is 0 Å². The number of methoxy groups -OCH3 is 1. The number of hydrogen-bond donors (Lipinski definition) is 2. The van der Waals surface area contributed by atoms with Gasteiger partial charge in [0, 0.05) is 25.5 Å². The maximum atomic E-state index is 12.3. The molecule has 2 aromatic heterocycles. The van der Waals surface area contributed by atoms with Crippen LogP contribution < -0.4 is 15.2 Å². The van der Waals surface area contributed by atoms with Gasteiger partial charge >= 0.3 is 0 Å². The highest BCUT2D eigenvalue weighted by atomic mass is 79.9. The Morgan fingerprint density at radius 1 is 1.45 bits per heavy atom. The number of carbonyl (C=O) groups is 1. The topological polar surface area (TPSA) is 116 Å². The maximum absolute atomic E-state index is 12.3. The molecule has 3 N–H and O–H groups in total. The molecule has 0 unspecified atom stereocenters. The molecule has 0 aromatic carbocycles. The van der Waals surface area contributed by atoms with Crippen molar-refractivity contribution in [3.8, 4) is 5.75 Å². The Bertz CT molecular complexity index is 832. The van der Waals surface area contributed by atoms with Gasteiger partial charge in [0.2, 0.25) is 0 Å². The van der Waals surface area contributed by atoms with Gasteiger partial charge in [-0.25, -0.2) is 13.4 Å². The Hall–Kier alpha value is -2.07. The minimum Gasteiger partial charge on any atom is -0.495 e. The number of amides is 1. The van der Waals surface area contributed by atoms with Crippen molar-refractivity contribution < 1.29 is 17.9 Å². The molecular weight excluding hydrogens is 376 g/mol. The summed E-state index contributed by atoms with van der Waals surface area (Å²) in [6.07, 6.45) is 2.70. The van der Waals surface area contributed by atoms with E-state index in [0.29, 0.717) is 10.2 Å². The fourth-order valence-electron chi connectivity index (χ4n) is 1.76. The summed E-state index contributed by atoms with van der Waals surface area (Å²) in [7, 11) is -0.917. The SMILES string of the molecule is COc1cc(NS(=O)(=O)c2cc(C(N)=O)n(C)c2)ncc1Br. The number of halogens is 1. The number of nitrogens with two attached hydrogens (primary N) is 1. The number of ether oxygens (including phenoxy) is 1. The van der Waals surface area contributed by atoms with Crippen molar-refractivity contribution in [2.24, 2.45) is 12.8 Å². The number of anilines is 1. The van der Waals surface area contributed by atoms with Crippen LogP contribution in [0.4, 0.5) is 5.82 Å². The van der Waals surface area contributed by atoms with Crippen LogP contribution in [0.5, 0.6) is 5.75 Å². The lowest BCUT2D eigenvalue weighted by Crippen LogP contribution is -2.14. The molecule has 0 atom stereocenters. The van der Waals surface area contributed by atoms with Gasteiger partial charge in [0.25, 0.3) is 15.9 Å². The Kier molecular flexibility index (Phi) is 4.42. The van der Waals surface area contributed by atoms with Gasteiger partial charge in [-0.3, -0.25) is 9.52 Å². The third kappa shape index (κ3) is 3.22. The normalized spacial score (nSPS) is 11.2. The predicted octanol–water partition coefficient (Wildman–Crippen LogP) is 1.09. The van der Waals surface area contributed by atoms with Crippen molar-refractivity contribution in [2.45, 2.75) is 4.90 Å². The number of pyridine rings is 1. The lowest BCUT2D eigenvalue weighted by atomic mass is 10.4. The molecule has 10 heteroatoms. The van der Waals surface area contributed by atoms with Crippen molar-refractivity contribution >= 4 is 37.7 Å². The van der Waals surface area contributed by atoms with Gasteiger partial charge in [-0.2, -0.15) is 0 Å². The molecule has 0 aliphatic heterocycles. The second-order valence-electron chi connectivity index (χ2n) is 4.35. The summed E-state index contributed by atoms with van der Waals surface area (Å²) in [4.78, 5) is 15.0. The van der Waals surface area contributed by atoms with Crippen LogP contribution in [0.15, 0.2) is 33.9 Å². The van der Waals surface area contributed by atoms with Crippen LogP contribution in [0.2, 0.25) is 0 Å². The largest absolute Gasteiger partial charge is 0.495 e. The molecule has 0 bridgehead atoms. The molecule has 0 radical (unpaired) electrons. The van der Waals surface area contributed by atoms with Crippen LogP contribution in [-0.2, 0) is 17.1 Å². The fraction of sp³-hybridized carbons (Fsp3) is 0.167. The van der Waals surface area contributed by atoms with E-state index in [0.717, 1.165) is 0 Å². The van der Waals surface area contributed by atoms with Crippen molar-refractivity contribution in [3.05, 3.63) is 34.7 Å². The lowest BCUT2D eigenvalue weighted by Gasteiger charge is -2.08. The maximum Gasteiger partial charge on any atom is 0.265 e. The first kappa shape index (κ1) is 16.3. The van der Waals surface area contributed by atoms with Crippen LogP contribution in [0, 0.1) is 0 Å². The minimum absolute atomic E-state index is 0.0849. The highest BCUT2D eigenvalue weighted by molar-refractivity contribution is 9.10. The number of aromatic nitrogens is 2. The zero-order chi connectivity index (χ0) is 16.5. The van der Waals surface area contributed by atoms with E-state index in [1.165, 1.54) is 43.3 Å². The third-order valence-electron chi connectivity index (χ3n) is 2.82. The summed E-state index contributed by atoms with van der Waals surface area (Å²) in [5, 5.41) is 0. The quantitative estimate of drug-likeness (QED) is 0.794. The van der Waals surface area contributed by atoms with Gasteiger partial charge in [0.05, 0.1) is 11.6 Å². The van der Waals surface area contributed by atoms with Gasteiger partial charge in [0.1, 0.15) is 22.2 Å². The van der Waals surface area contributed by atoms with Gasteiger partial charge in [-0.15, -0.1) is 0 Å². The first-order valence-corrected chi connectivity index (χ1v) is 8.20. The van der Waals surface area contributed by atoms with E-state index in [1.807, 2.05) is 0 Å². The van der Waals surface area contributed by atoms with Gasteiger partial charge in [-0.1, -0.05) is 0 Å². The monoisotopic (exact) mass is 388 g/mol. The number of primary amides is 1. The molecule has 0 aliphatic carbocycles. The van der Waals surface area contributed by atoms with Crippen LogP contribution in [0.3, 0.4) is 0 Å². The second-order valence-corrected chi connectivity index (χ2v) is 6.88. The summed E-state index contributed by atoms with van der Waals surface area (Å²) in [5.74, 6) is -0.199. The average molecular weight is 389 g/mol. The molecule has 0 saturated carbocycles. The Morgan fingerprint density at radius 3 is 2.68 bits per heavy atom. The number of aryl methyl sites for hydroxylation is 1. The minimum atomic E-state index is -3.90. The molecule has 0 fully saturated rings. The van der Waals surface area contributed by atoms with Crippen molar-refractivity contribution in [3.63, 3.8) is 0 Å². The van der Waals surface area contributed by atoms with Crippen molar-refractivity contribution in [2.75, 3.05) is 11.8 Å². The number of nitrogens with one attached hydrogen (secondary N) is 1. The molecule has 118 valence electrons. The van der Waals surface area contributed by atoms with Crippen molar-refractivity contribution in [1.82, 2.24) is 9.55 Å². The summed E-state index contributed by atoms with van der Waals surface area (Å²) >= 11 is 3.22. The van der Waals surface area contributed by atoms with Crippen LogP contribution in [0.1, 0.15) is 10.5 Å². The van der Waals surface area contributed by atoms with E-state index in [2.05, 4.69) is 25.6 Å². The number of hydrogen-bond acceptors (Lipinski definition) is 5. The number of sulfonamides is 1. The van der Waals surface area contributed by atoms with E-state index in [-0.39, 0.29) is 16.4 Å². The Balaban J connectivity index is 2.35. The van der Waals surface area contributed by atoms with E-state index in [9.17, 15) is 13.2 Å². The molecule has 0 saturated heterocycles. The predicted molar refractivity (Wildman–Crippen MR) is 83.2 cm³/mol. The molecule has 2 heterocycles. The van der Waals surface area contributed by atoms with E-state index < -0.39 is 15.9 Å². The molecular formula is C12H13BrN4O4S. The zero-order valence-corrected chi connectivity index (χ0v) is 14.1. The van der Waals surface area contributed by atoms with Gasteiger partial charge < -0.3 is 15.0 Å². The highest BCUT2D eigenvalue weighted by Gasteiger charge is 2.20. The molecule has 8 nitrogen and oxygen atoms in total. The first-order chi connectivity index (χ1) is 10.2. The number of rotatable bonds is 5. The van der Waals surface area contributed by atoms with Crippen LogP contribution in [0.25, 0.3) is 0 Å². The lowest BCUT2D eigenvalue weighted by molar-refractivity contribution is 0.0992. The summed E-state index contributed by atoms with van der Waals surface area (Å²) in [6.45, 7) is 0. The first-order valence-electron chi connectivity index (χ1n) is 5.93. The molecule has 0 spiro atoms. The number of carbonyl (C=O) groups excluding carboxylic acids is 1. The molecule has 22 heavy (non-hydrogen) atoms. The zero-order valence-electron chi connectivity index (χ0n) is 11.7. The van der Waals surface area contributed by atoms with Crippen LogP contribution in [-0.4, -0.2) is 31.0 Å². The van der Waals surface area contributed by atoms with Gasteiger partial charge in [0.15, 0.2) is 0 Å². The smallest absolute Gasteiger partial charge is 0.265 e. The van der Waals surface area contributed by atoms with E-state index in [1.54, 1.807) is 0 Å². The molecule has 0 aliphatic rings. The molecule has 2 aromatic rings. The third-order valence-corrected chi connectivity index (χ3v) is 4.74. The van der Waals surface area contributed by atoms with Crippen molar-refractivity contribution in [1.29, 1.82) is 0 Å². The van der Waals surface area contributed by atoms with E-state index in [4.69, 9.17) is 10.5 Å². The van der Waals surface area contributed by atoms with Crippen LogP contribution >= 0.6 is 15.9 Å². The Labute approximate surface area is 135 Å². The second kappa shape index (κ2) is 5.97. The average Bonchev–Trinajstić information content (AvgIpc) is 2.84. The van der Waals surface area contributed by atoms with Gasteiger partial charge in [-0.05, 0) is 22.0 Å². The number of nitrogens with zero attached hydrogens (tertiary/aromatic N) is 2. The summed E-state index contributed by atoms with van der Waals surface area (Å²) in [6, 6.07) is 2.63. The molecule has 1 amide bonds. The highest BCUT2D eigenvalue weighted by Crippen LogP contribution is 2.27. The Morgan fingerprint density at radius 2 is 2.14 bits per heavy atom. The summed E-state index contributed by atoms with van der Waals surface area (Å²) < 4.78 is 33.9. The fourth-order valence-corrected chi connectivity index (χ4v) is 3.20.